The summed E-state index contributed by atoms with van der Waals surface area (Å²) in [5.74, 6) is 1.33. The number of hydrogen-bond donors (Lipinski definition) is 0. The Morgan fingerprint density at radius 1 is 1.11 bits per heavy atom. The van der Waals surface area contributed by atoms with Gasteiger partial charge in [-0.15, -0.1) is 0 Å². The zero-order chi connectivity index (χ0) is 13.1. The Balaban J connectivity index is 2.64. The Labute approximate surface area is 112 Å². The van der Waals surface area contributed by atoms with E-state index < -0.39 is 0 Å². The lowest BCUT2D eigenvalue weighted by Gasteiger charge is -2.10. The number of ether oxygens (including phenoxy) is 2. The molecule has 96 valence electrons. The van der Waals surface area contributed by atoms with E-state index >= 15 is 0 Å². The van der Waals surface area contributed by atoms with Gasteiger partial charge in [-0.1, -0.05) is 24.9 Å². The monoisotopic (exact) mass is 265 g/mol. The first-order valence-electron chi connectivity index (χ1n) is 5.90. The number of pyridine rings is 1. The zero-order valence-corrected chi connectivity index (χ0v) is 11.5. The van der Waals surface area contributed by atoms with Crippen molar-refractivity contribution in [3.63, 3.8) is 0 Å². The smallest absolute Gasteiger partial charge is 0.162 e. The molecule has 0 unspecified atom stereocenters. The Hall–Kier alpha value is -1.48. The van der Waals surface area contributed by atoms with Gasteiger partial charge in [-0.2, -0.15) is 0 Å². The summed E-state index contributed by atoms with van der Waals surface area (Å²) in [7, 11) is 3.22. The number of aryl methyl sites for hydroxylation is 1. The van der Waals surface area contributed by atoms with Crippen molar-refractivity contribution in [3.8, 4) is 11.5 Å². The average Bonchev–Trinajstić information content (AvgIpc) is 2.37. The van der Waals surface area contributed by atoms with Crippen LogP contribution in [0.4, 0.5) is 0 Å². The summed E-state index contributed by atoms with van der Waals surface area (Å²) in [5.41, 5.74) is 1.84. The summed E-state index contributed by atoms with van der Waals surface area (Å²) in [6.45, 7) is 2.12. The van der Waals surface area contributed by atoms with Gasteiger partial charge in [-0.05, 0) is 18.6 Å². The molecule has 0 amide bonds. The van der Waals surface area contributed by atoms with Crippen LogP contribution in [0.25, 0.3) is 10.9 Å². The molecular weight excluding hydrogens is 250 g/mol. The van der Waals surface area contributed by atoms with Gasteiger partial charge < -0.3 is 9.47 Å². The number of fused-ring (bicyclic) bond motifs is 1. The minimum Gasteiger partial charge on any atom is -0.493 e. The average molecular weight is 266 g/mol. The summed E-state index contributed by atoms with van der Waals surface area (Å²) in [6, 6.07) is 5.64. The molecule has 0 fully saturated rings. The molecule has 0 radical (unpaired) electrons. The molecule has 1 heterocycles. The summed E-state index contributed by atoms with van der Waals surface area (Å²) >= 11 is 6.29. The fraction of sp³-hybridized carbons (Fsp3) is 0.357. The Kier molecular flexibility index (Phi) is 3.92. The lowest BCUT2D eigenvalue weighted by molar-refractivity contribution is 0.356. The number of nitrogens with zero attached hydrogens (tertiary/aromatic N) is 1. The fourth-order valence-corrected chi connectivity index (χ4v) is 2.22. The molecule has 1 aromatic carbocycles. The van der Waals surface area contributed by atoms with Gasteiger partial charge in [-0.25, -0.2) is 0 Å². The number of benzene rings is 1. The van der Waals surface area contributed by atoms with Crippen molar-refractivity contribution in [2.45, 2.75) is 19.8 Å². The van der Waals surface area contributed by atoms with Gasteiger partial charge in [0.15, 0.2) is 11.5 Å². The first kappa shape index (κ1) is 13.0. The molecule has 0 N–H and O–H groups in total. The minimum atomic E-state index is 0.664. The van der Waals surface area contributed by atoms with Gasteiger partial charge in [0.1, 0.15) is 0 Å². The number of methoxy groups -OCH3 is 2. The van der Waals surface area contributed by atoms with Crippen molar-refractivity contribution >= 4 is 22.5 Å². The molecule has 0 saturated carbocycles. The van der Waals surface area contributed by atoms with E-state index in [1.54, 1.807) is 14.2 Å². The highest BCUT2D eigenvalue weighted by molar-refractivity contribution is 6.35. The predicted octanol–water partition coefficient (Wildman–Crippen LogP) is 3.86. The van der Waals surface area contributed by atoms with E-state index in [9.17, 15) is 0 Å². The lowest BCUT2D eigenvalue weighted by atomic mass is 10.1. The second kappa shape index (κ2) is 5.44. The van der Waals surface area contributed by atoms with Crippen LogP contribution in [0.1, 0.15) is 19.0 Å². The first-order chi connectivity index (χ1) is 8.69. The van der Waals surface area contributed by atoms with Crippen molar-refractivity contribution in [2.24, 2.45) is 0 Å². The van der Waals surface area contributed by atoms with Gasteiger partial charge >= 0.3 is 0 Å². The van der Waals surface area contributed by atoms with Gasteiger partial charge in [0.2, 0.25) is 0 Å². The third kappa shape index (κ3) is 2.36. The molecule has 3 nitrogen and oxygen atoms in total. The standard InChI is InChI=1S/C14H16ClNO2/c1-4-5-9-6-11(15)10-7-13(17-2)14(18-3)8-12(10)16-9/h6-8H,4-5H2,1-3H3. The zero-order valence-electron chi connectivity index (χ0n) is 10.8. The van der Waals surface area contributed by atoms with E-state index in [0.29, 0.717) is 16.5 Å². The Morgan fingerprint density at radius 3 is 2.39 bits per heavy atom. The molecule has 0 spiro atoms. The molecular formula is C14H16ClNO2. The van der Waals surface area contributed by atoms with Crippen LogP contribution in [0.3, 0.4) is 0 Å². The maximum absolute atomic E-state index is 6.29. The van der Waals surface area contributed by atoms with Gasteiger partial charge in [0.05, 0.1) is 24.8 Å². The molecule has 1 aromatic heterocycles. The molecule has 4 heteroatoms. The van der Waals surface area contributed by atoms with Gasteiger partial charge in [0.25, 0.3) is 0 Å². The molecule has 0 bridgehead atoms. The van der Waals surface area contributed by atoms with E-state index in [0.717, 1.165) is 29.4 Å². The van der Waals surface area contributed by atoms with E-state index in [4.69, 9.17) is 21.1 Å². The van der Waals surface area contributed by atoms with E-state index in [2.05, 4.69) is 11.9 Å². The van der Waals surface area contributed by atoms with Crippen molar-refractivity contribution in [1.29, 1.82) is 0 Å². The predicted molar refractivity (Wildman–Crippen MR) is 73.9 cm³/mol. The van der Waals surface area contributed by atoms with E-state index in [-0.39, 0.29) is 0 Å². The third-order valence-corrected chi connectivity index (χ3v) is 3.14. The number of hydrogen-bond acceptors (Lipinski definition) is 3. The number of halogens is 1. The van der Waals surface area contributed by atoms with Crippen LogP contribution >= 0.6 is 11.6 Å². The van der Waals surface area contributed by atoms with E-state index in [1.807, 2.05) is 18.2 Å². The molecule has 2 aromatic rings. The SMILES string of the molecule is CCCc1cc(Cl)c2cc(OC)c(OC)cc2n1. The summed E-state index contributed by atoms with van der Waals surface area (Å²) in [4.78, 5) is 4.59. The van der Waals surface area contributed by atoms with Crippen LogP contribution in [0.2, 0.25) is 5.02 Å². The van der Waals surface area contributed by atoms with Crippen LogP contribution in [-0.2, 0) is 6.42 Å². The molecule has 0 aliphatic carbocycles. The largest absolute Gasteiger partial charge is 0.493 e. The highest BCUT2D eigenvalue weighted by atomic mass is 35.5. The molecule has 0 aliphatic rings. The van der Waals surface area contributed by atoms with Crippen LogP contribution in [0.15, 0.2) is 18.2 Å². The van der Waals surface area contributed by atoms with Crippen LogP contribution in [-0.4, -0.2) is 19.2 Å². The number of rotatable bonds is 4. The van der Waals surface area contributed by atoms with Crippen molar-refractivity contribution in [2.75, 3.05) is 14.2 Å². The summed E-state index contributed by atoms with van der Waals surface area (Å²) < 4.78 is 10.5. The highest BCUT2D eigenvalue weighted by Gasteiger charge is 2.10. The van der Waals surface area contributed by atoms with Crippen LogP contribution in [0, 0.1) is 0 Å². The van der Waals surface area contributed by atoms with Crippen molar-refractivity contribution in [1.82, 2.24) is 4.98 Å². The normalized spacial score (nSPS) is 10.7. The maximum atomic E-state index is 6.29. The highest BCUT2D eigenvalue weighted by Crippen LogP contribution is 2.34. The Bertz CT molecular complexity index is 569. The summed E-state index contributed by atoms with van der Waals surface area (Å²) in [6.07, 6.45) is 1.96. The minimum absolute atomic E-state index is 0.664. The van der Waals surface area contributed by atoms with Crippen molar-refractivity contribution < 1.29 is 9.47 Å². The maximum Gasteiger partial charge on any atom is 0.162 e. The molecule has 0 saturated heterocycles. The van der Waals surface area contributed by atoms with Crippen molar-refractivity contribution in [3.05, 3.63) is 28.9 Å². The van der Waals surface area contributed by atoms with Crippen LogP contribution < -0.4 is 9.47 Å². The van der Waals surface area contributed by atoms with Crippen LogP contribution in [0.5, 0.6) is 11.5 Å². The topological polar surface area (TPSA) is 31.4 Å². The van der Waals surface area contributed by atoms with Gasteiger partial charge in [-0.3, -0.25) is 4.98 Å². The number of aromatic nitrogens is 1. The molecule has 0 atom stereocenters. The quantitative estimate of drug-likeness (QED) is 0.841. The second-order valence-electron chi connectivity index (χ2n) is 4.07. The second-order valence-corrected chi connectivity index (χ2v) is 4.48. The van der Waals surface area contributed by atoms with E-state index in [1.165, 1.54) is 0 Å². The third-order valence-electron chi connectivity index (χ3n) is 2.82. The van der Waals surface area contributed by atoms with Gasteiger partial charge in [0, 0.05) is 17.1 Å². The summed E-state index contributed by atoms with van der Waals surface area (Å²) in [5, 5.41) is 1.58. The first-order valence-corrected chi connectivity index (χ1v) is 6.28. The molecule has 18 heavy (non-hydrogen) atoms. The molecule has 0 aliphatic heterocycles. The molecule has 2 rings (SSSR count). The fourth-order valence-electron chi connectivity index (χ4n) is 1.95. The Morgan fingerprint density at radius 2 is 1.78 bits per heavy atom. The lowest BCUT2D eigenvalue weighted by Crippen LogP contribution is -1.94.